The molecule has 0 amide bonds. The number of aliphatic hydroxyl groups excluding tert-OH is 1. The van der Waals surface area contributed by atoms with Crippen molar-refractivity contribution in [3.8, 4) is 0 Å². The SMILES string of the molecule is O=c1ccc2ncc(=O)n3c2n1CC3CO. The molecule has 1 aliphatic heterocycles. The molecule has 0 spiro atoms. The summed E-state index contributed by atoms with van der Waals surface area (Å²) in [6.07, 6.45) is 1.21. The fourth-order valence-corrected chi connectivity index (χ4v) is 2.16. The van der Waals surface area contributed by atoms with E-state index < -0.39 is 0 Å². The van der Waals surface area contributed by atoms with Gasteiger partial charge < -0.3 is 5.11 Å². The minimum absolute atomic E-state index is 0.167. The van der Waals surface area contributed by atoms with Crippen LogP contribution in [0.1, 0.15) is 6.04 Å². The van der Waals surface area contributed by atoms with Crippen molar-refractivity contribution in [3.05, 3.63) is 39.0 Å². The monoisotopic (exact) mass is 219 g/mol. The van der Waals surface area contributed by atoms with Gasteiger partial charge in [0, 0.05) is 6.07 Å². The van der Waals surface area contributed by atoms with E-state index in [9.17, 15) is 14.7 Å². The third kappa shape index (κ3) is 1.02. The first-order chi connectivity index (χ1) is 7.72. The highest BCUT2D eigenvalue weighted by molar-refractivity contribution is 5.71. The highest BCUT2D eigenvalue weighted by Crippen LogP contribution is 2.20. The summed E-state index contributed by atoms with van der Waals surface area (Å²) in [5.41, 5.74) is 0.627. The lowest BCUT2D eigenvalue weighted by Gasteiger charge is -2.08. The van der Waals surface area contributed by atoms with Gasteiger partial charge in [-0.1, -0.05) is 0 Å². The number of aromatic nitrogens is 3. The van der Waals surface area contributed by atoms with Crippen LogP contribution in [0.15, 0.2) is 27.9 Å². The Kier molecular flexibility index (Phi) is 1.75. The fourth-order valence-electron chi connectivity index (χ4n) is 2.16. The van der Waals surface area contributed by atoms with Gasteiger partial charge >= 0.3 is 0 Å². The number of rotatable bonds is 1. The lowest BCUT2D eigenvalue weighted by atomic mass is 10.3. The second-order valence-electron chi connectivity index (χ2n) is 3.79. The molecule has 3 rings (SSSR count). The van der Waals surface area contributed by atoms with Gasteiger partial charge in [0.05, 0.1) is 25.4 Å². The first-order valence-corrected chi connectivity index (χ1v) is 4.94. The van der Waals surface area contributed by atoms with Gasteiger partial charge in [0.15, 0.2) is 0 Å². The Labute approximate surface area is 89.4 Å². The van der Waals surface area contributed by atoms with Gasteiger partial charge in [0.2, 0.25) is 0 Å². The molecule has 2 aromatic rings. The molecule has 6 heteroatoms. The third-order valence-electron chi connectivity index (χ3n) is 2.88. The van der Waals surface area contributed by atoms with Gasteiger partial charge in [-0.05, 0) is 6.07 Å². The van der Waals surface area contributed by atoms with Crippen LogP contribution in [0.2, 0.25) is 0 Å². The summed E-state index contributed by atoms with van der Waals surface area (Å²) in [5, 5.41) is 9.21. The second kappa shape index (κ2) is 3.02. The van der Waals surface area contributed by atoms with Crippen molar-refractivity contribution < 1.29 is 5.11 Å². The Bertz CT molecular complexity index is 680. The van der Waals surface area contributed by atoms with Gasteiger partial charge in [-0.3, -0.25) is 18.7 Å². The van der Waals surface area contributed by atoms with Crippen molar-refractivity contribution >= 4 is 11.2 Å². The van der Waals surface area contributed by atoms with E-state index in [1.807, 2.05) is 0 Å². The summed E-state index contributed by atoms with van der Waals surface area (Å²) in [6.45, 7) is 0.160. The van der Waals surface area contributed by atoms with Crippen molar-refractivity contribution in [1.82, 2.24) is 14.1 Å². The first-order valence-electron chi connectivity index (χ1n) is 4.94. The third-order valence-corrected chi connectivity index (χ3v) is 2.88. The zero-order valence-corrected chi connectivity index (χ0v) is 8.33. The zero-order valence-electron chi connectivity index (χ0n) is 8.33. The van der Waals surface area contributed by atoms with Crippen molar-refractivity contribution in [2.45, 2.75) is 12.6 Å². The molecule has 6 nitrogen and oxygen atoms in total. The molecule has 1 aliphatic rings. The van der Waals surface area contributed by atoms with Crippen molar-refractivity contribution in [3.63, 3.8) is 0 Å². The van der Waals surface area contributed by atoms with E-state index in [4.69, 9.17) is 0 Å². The lowest BCUT2D eigenvalue weighted by molar-refractivity contribution is 0.225. The van der Waals surface area contributed by atoms with Gasteiger partial charge in [0.25, 0.3) is 11.1 Å². The average Bonchev–Trinajstić information content (AvgIpc) is 2.68. The number of pyridine rings is 1. The van der Waals surface area contributed by atoms with E-state index in [2.05, 4.69) is 4.98 Å². The minimum Gasteiger partial charge on any atom is -0.394 e. The molecule has 82 valence electrons. The van der Waals surface area contributed by atoms with E-state index in [1.165, 1.54) is 21.4 Å². The number of aliphatic hydroxyl groups is 1. The normalized spacial score (nSPS) is 18.2. The smallest absolute Gasteiger partial charge is 0.271 e. The molecule has 1 unspecified atom stereocenters. The van der Waals surface area contributed by atoms with Crippen LogP contribution in [0.3, 0.4) is 0 Å². The summed E-state index contributed by atoms with van der Waals surface area (Å²) < 4.78 is 2.91. The molecule has 0 bridgehead atoms. The Morgan fingerprint density at radius 1 is 1.38 bits per heavy atom. The van der Waals surface area contributed by atoms with E-state index in [1.54, 1.807) is 6.07 Å². The van der Waals surface area contributed by atoms with Crippen LogP contribution < -0.4 is 11.1 Å². The van der Waals surface area contributed by atoms with Crippen LogP contribution in [0.4, 0.5) is 0 Å². The molecule has 1 atom stereocenters. The Balaban J connectivity index is 2.54. The molecule has 0 aromatic carbocycles. The van der Waals surface area contributed by atoms with Crippen molar-refractivity contribution in [2.75, 3.05) is 6.61 Å². The number of hydrogen-bond donors (Lipinski definition) is 1. The maximum absolute atomic E-state index is 11.7. The van der Waals surface area contributed by atoms with E-state index in [-0.39, 0.29) is 23.8 Å². The minimum atomic E-state index is -0.368. The predicted octanol–water partition coefficient (Wildman–Crippen LogP) is -0.895. The maximum Gasteiger partial charge on any atom is 0.271 e. The first kappa shape index (κ1) is 9.29. The maximum atomic E-state index is 11.7. The summed E-state index contributed by atoms with van der Waals surface area (Å²) in [6, 6.07) is 2.64. The molecule has 0 saturated heterocycles. The Hall–Kier alpha value is -1.95. The van der Waals surface area contributed by atoms with Crippen LogP contribution in [-0.4, -0.2) is 25.8 Å². The quantitative estimate of drug-likeness (QED) is 0.674. The topological polar surface area (TPSA) is 77.1 Å². The molecule has 16 heavy (non-hydrogen) atoms. The Morgan fingerprint density at radius 3 is 2.94 bits per heavy atom. The summed E-state index contributed by atoms with van der Waals surface area (Å²) in [4.78, 5) is 27.2. The molecule has 3 heterocycles. The summed E-state index contributed by atoms with van der Waals surface area (Å²) >= 11 is 0. The number of hydrogen-bond acceptors (Lipinski definition) is 4. The van der Waals surface area contributed by atoms with E-state index >= 15 is 0 Å². The Morgan fingerprint density at radius 2 is 2.19 bits per heavy atom. The number of nitrogens with zero attached hydrogens (tertiary/aromatic N) is 3. The lowest BCUT2D eigenvalue weighted by Crippen LogP contribution is -2.24. The average molecular weight is 219 g/mol. The second-order valence-corrected chi connectivity index (χ2v) is 3.79. The van der Waals surface area contributed by atoms with Gasteiger partial charge in [-0.25, -0.2) is 4.98 Å². The molecular formula is C10H9N3O3. The summed E-state index contributed by atoms with van der Waals surface area (Å²) in [7, 11) is 0. The van der Waals surface area contributed by atoms with Crippen LogP contribution in [0.25, 0.3) is 11.2 Å². The highest BCUT2D eigenvalue weighted by atomic mass is 16.3. The molecule has 1 N–H and O–H groups in total. The molecule has 2 aromatic heterocycles. The molecule has 0 radical (unpaired) electrons. The highest BCUT2D eigenvalue weighted by Gasteiger charge is 2.25. The van der Waals surface area contributed by atoms with Gasteiger partial charge in [0.1, 0.15) is 11.2 Å². The molecule has 0 aliphatic carbocycles. The summed E-state index contributed by atoms with van der Waals surface area (Å²) in [5.74, 6) is 0. The molecule has 0 saturated carbocycles. The van der Waals surface area contributed by atoms with Gasteiger partial charge in [-0.2, -0.15) is 0 Å². The van der Waals surface area contributed by atoms with Crippen LogP contribution in [-0.2, 0) is 6.54 Å². The van der Waals surface area contributed by atoms with Crippen LogP contribution in [0, 0.1) is 0 Å². The standard InChI is InChI=1S/C10H9N3O3/c14-5-6-4-12-8(15)2-1-7-10(12)13(6)9(16)3-11-7/h1-3,6,14H,4-5H2. The predicted molar refractivity (Wildman–Crippen MR) is 56.4 cm³/mol. The van der Waals surface area contributed by atoms with Gasteiger partial charge in [-0.15, -0.1) is 0 Å². The van der Waals surface area contributed by atoms with Crippen molar-refractivity contribution in [2.24, 2.45) is 0 Å². The largest absolute Gasteiger partial charge is 0.394 e. The fraction of sp³-hybridized carbons (Fsp3) is 0.300. The molecule has 0 fully saturated rings. The van der Waals surface area contributed by atoms with Crippen LogP contribution >= 0.6 is 0 Å². The zero-order chi connectivity index (χ0) is 11.3. The molecular weight excluding hydrogens is 210 g/mol. The van der Waals surface area contributed by atoms with Crippen molar-refractivity contribution in [1.29, 1.82) is 0 Å². The van der Waals surface area contributed by atoms with E-state index in [0.29, 0.717) is 17.7 Å². The van der Waals surface area contributed by atoms with E-state index in [0.717, 1.165) is 0 Å². The van der Waals surface area contributed by atoms with Crippen LogP contribution in [0.5, 0.6) is 0 Å².